The molecule has 1 amide bonds. The van der Waals surface area contributed by atoms with Crippen LogP contribution in [0.15, 0.2) is 30.3 Å². The number of nitrogens with zero attached hydrogens (tertiary/aromatic N) is 1. The van der Waals surface area contributed by atoms with Gasteiger partial charge >= 0.3 is 5.97 Å². The zero-order valence-corrected chi connectivity index (χ0v) is 16.5. The normalized spacial score (nSPS) is 15.4. The number of ether oxygens (including phenoxy) is 2. The van der Waals surface area contributed by atoms with Crippen molar-refractivity contribution in [3.8, 4) is 5.75 Å². The summed E-state index contributed by atoms with van der Waals surface area (Å²) in [6.45, 7) is 2.97. The van der Waals surface area contributed by atoms with Crippen LogP contribution in [0, 0.1) is 0 Å². The molecule has 1 saturated carbocycles. The third-order valence-electron chi connectivity index (χ3n) is 5.03. The van der Waals surface area contributed by atoms with Crippen molar-refractivity contribution in [2.75, 3.05) is 19.8 Å². The van der Waals surface area contributed by atoms with E-state index in [1.54, 1.807) is 6.92 Å². The van der Waals surface area contributed by atoms with E-state index in [0.29, 0.717) is 26.2 Å². The predicted molar refractivity (Wildman–Crippen MR) is 106 cm³/mol. The molecule has 0 radical (unpaired) electrons. The highest BCUT2D eigenvalue weighted by atomic mass is 16.5. The molecule has 0 N–H and O–H groups in total. The van der Waals surface area contributed by atoms with Crippen molar-refractivity contribution in [3.63, 3.8) is 0 Å². The Hall–Kier alpha value is -2.04. The molecule has 1 aromatic carbocycles. The van der Waals surface area contributed by atoms with Crippen LogP contribution in [-0.2, 0) is 14.3 Å². The molecule has 0 atom stereocenters. The number of hydrogen-bond donors (Lipinski definition) is 0. The largest absolute Gasteiger partial charge is 0.493 e. The number of para-hydroxylation sites is 1. The summed E-state index contributed by atoms with van der Waals surface area (Å²) in [6.07, 6.45) is 8.67. The van der Waals surface area contributed by atoms with Crippen molar-refractivity contribution in [2.24, 2.45) is 0 Å². The van der Waals surface area contributed by atoms with Crippen molar-refractivity contribution < 1.29 is 19.1 Å². The van der Waals surface area contributed by atoms with Crippen LogP contribution in [0.4, 0.5) is 0 Å². The Morgan fingerprint density at radius 3 is 2.33 bits per heavy atom. The average Bonchev–Trinajstić information content (AvgIpc) is 2.64. The van der Waals surface area contributed by atoms with Gasteiger partial charge in [-0.15, -0.1) is 0 Å². The second-order valence-electron chi connectivity index (χ2n) is 7.05. The Labute approximate surface area is 163 Å². The average molecular weight is 376 g/mol. The van der Waals surface area contributed by atoms with Crippen LogP contribution in [0.25, 0.3) is 0 Å². The summed E-state index contributed by atoms with van der Waals surface area (Å²) in [5.74, 6) is 0.608. The molecule has 1 aromatic rings. The fourth-order valence-electron chi connectivity index (χ4n) is 3.62. The summed E-state index contributed by atoms with van der Waals surface area (Å²) in [7, 11) is 0. The van der Waals surface area contributed by atoms with Crippen molar-refractivity contribution in [1.82, 2.24) is 4.90 Å². The van der Waals surface area contributed by atoms with Gasteiger partial charge in [0.15, 0.2) is 0 Å². The molecule has 150 valence electrons. The van der Waals surface area contributed by atoms with Gasteiger partial charge in [0.25, 0.3) is 0 Å². The molecule has 0 spiro atoms. The van der Waals surface area contributed by atoms with Crippen molar-refractivity contribution in [1.29, 1.82) is 0 Å². The summed E-state index contributed by atoms with van der Waals surface area (Å²) in [5, 5.41) is 0. The monoisotopic (exact) mass is 375 g/mol. The van der Waals surface area contributed by atoms with E-state index in [9.17, 15) is 9.59 Å². The lowest BCUT2D eigenvalue weighted by molar-refractivity contribution is -0.144. The molecule has 1 aliphatic carbocycles. The number of carbonyl (C=O) groups excluding carboxylic acids is 2. The minimum Gasteiger partial charge on any atom is -0.493 e. The lowest BCUT2D eigenvalue weighted by Crippen LogP contribution is -2.42. The second-order valence-corrected chi connectivity index (χ2v) is 7.05. The van der Waals surface area contributed by atoms with Crippen molar-refractivity contribution >= 4 is 11.9 Å². The van der Waals surface area contributed by atoms with E-state index in [4.69, 9.17) is 9.47 Å². The molecule has 0 bridgehead atoms. The Balaban J connectivity index is 1.91. The van der Waals surface area contributed by atoms with Crippen LogP contribution in [0.1, 0.15) is 64.7 Å². The van der Waals surface area contributed by atoms with E-state index in [2.05, 4.69) is 0 Å². The summed E-state index contributed by atoms with van der Waals surface area (Å²) in [5.41, 5.74) is 0. The Morgan fingerprint density at radius 1 is 1.00 bits per heavy atom. The van der Waals surface area contributed by atoms with E-state index in [1.807, 2.05) is 35.2 Å². The van der Waals surface area contributed by atoms with Gasteiger partial charge in [0.2, 0.25) is 5.91 Å². The molecule has 1 fully saturated rings. The molecule has 1 aliphatic rings. The SMILES string of the molecule is CCOC(=O)CCN(C(=O)CCOc1ccccc1)C1CCCCCCC1. The van der Waals surface area contributed by atoms with Crippen molar-refractivity contribution in [3.05, 3.63) is 30.3 Å². The van der Waals surface area contributed by atoms with Gasteiger partial charge in [-0.1, -0.05) is 50.3 Å². The Morgan fingerprint density at radius 2 is 1.67 bits per heavy atom. The molecule has 27 heavy (non-hydrogen) atoms. The molecule has 0 aromatic heterocycles. The fourth-order valence-corrected chi connectivity index (χ4v) is 3.62. The summed E-state index contributed by atoms with van der Waals surface area (Å²) in [6, 6.07) is 9.76. The zero-order chi connectivity index (χ0) is 19.3. The molecular formula is C22H33NO4. The number of hydrogen-bond acceptors (Lipinski definition) is 4. The number of carbonyl (C=O) groups is 2. The molecule has 5 heteroatoms. The van der Waals surface area contributed by atoms with Crippen LogP contribution >= 0.6 is 0 Å². The van der Waals surface area contributed by atoms with Crippen LogP contribution in [0.2, 0.25) is 0 Å². The molecule has 0 heterocycles. The number of benzene rings is 1. The van der Waals surface area contributed by atoms with E-state index >= 15 is 0 Å². The quantitative estimate of drug-likeness (QED) is 0.602. The van der Waals surface area contributed by atoms with Crippen LogP contribution in [0.5, 0.6) is 5.75 Å². The zero-order valence-electron chi connectivity index (χ0n) is 16.5. The number of rotatable bonds is 9. The highest BCUT2D eigenvalue weighted by Gasteiger charge is 2.24. The molecule has 5 nitrogen and oxygen atoms in total. The fraction of sp³-hybridized carbons (Fsp3) is 0.636. The van der Waals surface area contributed by atoms with Gasteiger partial charge in [0.05, 0.1) is 26.1 Å². The maximum atomic E-state index is 12.9. The summed E-state index contributed by atoms with van der Waals surface area (Å²) < 4.78 is 10.7. The van der Waals surface area contributed by atoms with Crippen LogP contribution in [-0.4, -0.2) is 42.6 Å². The standard InChI is InChI=1S/C22H33NO4/c1-2-26-22(25)15-17-23(19-11-7-4-3-5-8-12-19)21(24)16-18-27-20-13-9-6-10-14-20/h6,9-10,13-14,19H,2-5,7-8,11-12,15-18H2,1H3. The summed E-state index contributed by atoms with van der Waals surface area (Å²) >= 11 is 0. The predicted octanol–water partition coefficient (Wildman–Crippen LogP) is 4.35. The van der Waals surface area contributed by atoms with Gasteiger partial charge in [-0.3, -0.25) is 9.59 Å². The highest BCUT2D eigenvalue weighted by Crippen LogP contribution is 2.22. The Kier molecular flexibility index (Phi) is 9.74. The lowest BCUT2D eigenvalue weighted by atomic mass is 9.95. The van der Waals surface area contributed by atoms with Gasteiger partial charge in [0.1, 0.15) is 5.75 Å². The van der Waals surface area contributed by atoms with Crippen LogP contribution < -0.4 is 4.74 Å². The molecular weight excluding hydrogens is 342 g/mol. The number of amides is 1. The maximum absolute atomic E-state index is 12.9. The minimum absolute atomic E-state index is 0.0702. The lowest BCUT2D eigenvalue weighted by Gasteiger charge is -2.33. The topological polar surface area (TPSA) is 55.8 Å². The Bertz CT molecular complexity index is 553. The third-order valence-corrected chi connectivity index (χ3v) is 5.03. The minimum atomic E-state index is -0.235. The van der Waals surface area contributed by atoms with E-state index in [0.717, 1.165) is 31.4 Å². The first-order valence-electron chi connectivity index (χ1n) is 10.3. The molecule has 2 rings (SSSR count). The van der Waals surface area contributed by atoms with Crippen molar-refractivity contribution in [2.45, 2.75) is 70.8 Å². The van der Waals surface area contributed by atoms with Gasteiger partial charge in [-0.05, 0) is 31.9 Å². The smallest absolute Gasteiger partial charge is 0.307 e. The van der Waals surface area contributed by atoms with Gasteiger partial charge in [0, 0.05) is 12.6 Å². The van der Waals surface area contributed by atoms with Crippen LogP contribution in [0.3, 0.4) is 0 Å². The van der Waals surface area contributed by atoms with Gasteiger partial charge in [-0.2, -0.15) is 0 Å². The van der Waals surface area contributed by atoms with E-state index < -0.39 is 0 Å². The van der Waals surface area contributed by atoms with Gasteiger partial charge in [-0.25, -0.2) is 0 Å². The first-order valence-corrected chi connectivity index (χ1v) is 10.3. The maximum Gasteiger partial charge on any atom is 0.307 e. The second kappa shape index (κ2) is 12.4. The molecule has 0 unspecified atom stereocenters. The highest BCUT2D eigenvalue weighted by molar-refractivity contribution is 5.77. The third kappa shape index (κ3) is 8.02. The summed E-state index contributed by atoms with van der Waals surface area (Å²) in [4.78, 5) is 26.6. The van der Waals surface area contributed by atoms with E-state index in [-0.39, 0.29) is 24.3 Å². The molecule has 0 saturated heterocycles. The first kappa shape index (κ1) is 21.3. The number of esters is 1. The van der Waals surface area contributed by atoms with Gasteiger partial charge < -0.3 is 14.4 Å². The molecule has 0 aliphatic heterocycles. The van der Waals surface area contributed by atoms with E-state index in [1.165, 1.54) is 19.3 Å². The first-order chi connectivity index (χ1) is 13.2.